The van der Waals surface area contributed by atoms with E-state index >= 15 is 0 Å². The minimum absolute atomic E-state index is 0.0313. The molecule has 0 amide bonds. The molecular weight excluding hydrogens is 299 g/mol. The molecule has 0 atom stereocenters. The molecule has 0 aliphatic rings. The van der Waals surface area contributed by atoms with E-state index in [2.05, 4.69) is 5.32 Å². The van der Waals surface area contributed by atoms with Crippen LogP contribution in [0.1, 0.15) is 12.5 Å². The molecule has 1 aromatic rings. The van der Waals surface area contributed by atoms with Crippen molar-refractivity contribution in [2.24, 2.45) is 0 Å². The molecule has 1 aromatic carbocycles. The molecule has 7 heteroatoms. The molecule has 0 aromatic heterocycles. The summed E-state index contributed by atoms with van der Waals surface area (Å²) < 4.78 is 40.9. The first kappa shape index (κ1) is 16.5. The molecule has 0 radical (unpaired) electrons. The molecule has 19 heavy (non-hydrogen) atoms. The van der Waals surface area contributed by atoms with Gasteiger partial charge < -0.3 is 10.1 Å². The monoisotopic (exact) mass is 313 g/mol. The number of halogens is 4. The van der Waals surface area contributed by atoms with Crippen LogP contribution in [0.15, 0.2) is 18.2 Å². The number of ether oxygens (including phenoxy) is 1. The van der Waals surface area contributed by atoms with Crippen molar-refractivity contribution < 1.29 is 17.9 Å². The number of rotatable bonds is 7. The minimum Gasteiger partial charge on any atom is -0.491 e. The molecule has 1 N–H and O–H groups in total. The normalized spacial score (nSPS) is 11.6. The van der Waals surface area contributed by atoms with Gasteiger partial charge in [0.2, 0.25) is 0 Å². The molecule has 0 fully saturated rings. The number of benzene rings is 1. The van der Waals surface area contributed by atoms with Crippen LogP contribution in [0.25, 0.3) is 0 Å². The van der Waals surface area contributed by atoms with Crippen molar-refractivity contribution in [1.82, 2.24) is 5.32 Å². The Morgan fingerprint density at radius 3 is 2.68 bits per heavy atom. The van der Waals surface area contributed by atoms with Crippen LogP contribution < -0.4 is 10.1 Å². The average molecular weight is 314 g/mol. The Hall–Kier alpha value is -0.590. The van der Waals surface area contributed by atoms with Crippen molar-refractivity contribution in [1.29, 1.82) is 0 Å². The van der Waals surface area contributed by atoms with Crippen LogP contribution in [0, 0.1) is 0 Å². The van der Waals surface area contributed by atoms with Crippen molar-refractivity contribution in [3.8, 4) is 5.75 Å². The number of hydrogen-bond acceptors (Lipinski definition) is 3. The van der Waals surface area contributed by atoms with E-state index in [1.54, 1.807) is 12.1 Å². The molecule has 0 spiro atoms. The van der Waals surface area contributed by atoms with Gasteiger partial charge in [0.05, 0.1) is 11.6 Å². The molecule has 0 aliphatic carbocycles. The lowest BCUT2D eigenvalue weighted by molar-refractivity contribution is -0.0329. The first-order valence-electron chi connectivity index (χ1n) is 5.75. The van der Waals surface area contributed by atoms with E-state index in [4.69, 9.17) is 16.3 Å². The van der Waals surface area contributed by atoms with Crippen LogP contribution in [0.3, 0.4) is 0 Å². The van der Waals surface area contributed by atoms with Crippen LogP contribution in [0.2, 0.25) is 5.02 Å². The summed E-state index contributed by atoms with van der Waals surface area (Å²) in [7, 11) is 0. The predicted molar refractivity (Wildman–Crippen MR) is 72.8 cm³/mol. The fraction of sp³-hybridized carbons (Fsp3) is 0.500. The first-order chi connectivity index (χ1) is 8.92. The van der Waals surface area contributed by atoms with Gasteiger partial charge in [0.25, 0.3) is 0 Å². The zero-order valence-electron chi connectivity index (χ0n) is 10.4. The highest BCUT2D eigenvalue weighted by Gasteiger charge is 2.27. The number of nitrogens with one attached hydrogen (secondary N) is 1. The Morgan fingerprint density at radius 2 is 2.11 bits per heavy atom. The minimum atomic E-state index is -4.22. The summed E-state index contributed by atoms with van der Waals surface area (Å²) >= 11 is 5.89. The van der Waals surface area contributed by atoms with Crippen molar-refractivity contribution in [3.05, 3.63) is 28.8 Å². The lowest BCUT2D eigenvalue weighted by Gasteiger charge is -2.10. The van der Waals surface area contributed by atoms with Crippen molar-refractivity contribution in [2.75, 3.05) is 18.9 Å². The van der Waals surface area contributed by atoms with Crippen molar-refractivity contribution in [2.45, 2.75) is 19.0 Å². The third-order valence-electron chi connectivity index (χ3n) is 2.18. The van der Waals surface area contributed by atoms with Crippen LogP contribution >= 0.6 is 23.4 Å². The second-order valence-electron chi connectivity index (χ2n) is 3.69. The van der Waals surface area contributed by atoms with Crippen LogP contribution in [0.5, 0.6) is 5.75 Å². The molecule has 0 heterocycles. The summed E-state index contributed by atoms with van der Waals surface area (Å²) in [5.41, 5.74) is -3.22. The largest absolute Gasteiger partial charge is 0.491 e. The van der Waals surface area contributed by atoms with E-state index in [1.165, 1.54) is 0 Å². The maximum atomic E-state index is 11.9. The molecule has 0 unspecified atom stereocenters. The topological polar surface area (TPSA) is 21.3 Å². The Kier molecular flexibility index (Phi) is 6.82. The second kappa shape index (κ2) is 7.87. The molecule has 0 saturated carbocycles. The van der Waals surface area contributed by atoms with Crippen LogP contribution in [-0.4, -0.2) is 24.4 Å². The van der Waals surface area contributed by atoms with Gasteiger partial charge in [0.1, 0.15) is 5.75 Å². The maximum absolute atomic E-state index is 11.9. The van der Waals surface area contributed by atoms with Gasteiger partial charge in [-0.2, -0.15) is 13.2 Å². The third kappa shape index (κ3) is 6.94. The zero-order chi connectivity index (χ0) is 14.3. The second-order valence-corrected chi connectivity index (χ2v) is 5.25. The van der Waals surface area contributed by atoms with Gasteiger partial charge in [-0.15, -0.1) is 0 Å². The zero-order valence-corrected chi connectivity index (χ0v) is 12.0. The van der Waals surface area contributed by atoms with Gasteiger partial charge in [-0.25, -0.2) is 0 Å². The van der Waals surface area contributed by atoms with Crippen LogP contribution in [-0.2, 0) is 6.54 Å². The van der Waals surface area contributed by atoms with Gasteiger partial charge >= 0.3 is 5.51 Å². The predicted octanol–water partition coefficient (Wildman–Crippen LogP) is 4.08. The summed E-state index contributed by atoms with van der Waals surface area (Å²) in [4.78, 5) is 0. The van der Waals surface area contributed by atoms with E-state index in [0.29, 0.717) is 17.3 Å². The highest BCUT2D eigenvalue weighted by molar-refractivity contribution is 8.00. The van der Waals surface area contributed by atoms with Gasteiger partial charge in [-0.05, 0) is 36.0 Å². The van der Waals surface area contributed by atoms with E-state index in [-0.39, 0.29) is 24.1 Å². The Balaban J connectivity index is 2.42. The van der Waals surface area contributed by atoms with Gasteiger partial charge in [0, 0.05) is 12.3 Å². The maximum Gasteiger partial charge on any atom is 0.441 e. The lowest BCUT2D eigenvalue weighted by Crippen LogP contribution is -2.11. The molecule has 108 valence electrons. The first-order valence-corrected chi connectivity index (χ1v) is 7.11. The standard InChI is InChI=1S/C12H15ClF3NOS/c1-2-17-8-9-3-4-11(10(13)7-9)18-5-6-19-12(14,15)16/h3-4,7,17H,2,5-6,8H2,1H3. The third-order valence-corrected chi connectivity index (χ3v) is 3.18. The Labute approximate surface area is 119 Å². The van der Waals surface area contributed by atoms with Crippen molar-refractivity contribution in [3.63, 3.8) is 0 Å². The molecular formula is C12H15ClF3NOS. The Bertz CT molecular complexity index is 401. The van der Waals surface area contributed by atoms with E-state index < -0.39 is 5.51 Å². The lowest BCUT2D eigenvalue weighted by atomic mass is 10.2. The molecule has 0 bridgehead atoms. The fourth-order valence-corrected chi connectivity index (χ4v) is 2.01. The number of hydrogen-bond donors (Lipinski definition) is 1. The molecule has 0 saturated heterocycles. The Morgan fingerprint density at radius 1 is 1.37 bits per heavy atom. The van der Waals surface area contributed by atoms with E-state index in [9.17, 15) is 13.2 Å². The highest BCUT2D eigenvalue weighted by atomic mass is 35.5. The van der Waals surface area contributed by atoms with E-state index in [1.807, 2.05) is 13.0 Å². The van der Waals surface area contributed by atoms with Gasteiger partial charge in [-0.1, -0.05) is 24.6 Å². The van der Waals surface area contributed by atoms with Crippen molar-refractivity contribution >= 4 is 23.4 Å². The molecule has 2 nitrogen and oxygen atoms in total. The summed E-state index contributed by atoms with van der Waals surface area (Å²) in [6, 6.07) is 5.25. The summed E-state index contributed by atoms with van der Waals surface area (Å²) in [5.74, 6) is 0.253. The quantitative estimate of drug-likeness (QED) is 0.766. The summed E-state index contributed by atoms with van der Waals surface area (Å²) in [5, 5.41) is 3.56. The summed E-state index contributed by atoms with van der Waals surface area (Å²) in [6.07, 6.45) is 0. The smallest absolute Gasteiger partial charge is 0.441 e. The van der Waals surface area contributed by atoms with Crippen LogP contribution in [0.4, 0.5) is 13.2 Å². The number of thioether (sulfide) groups is 1. The summed E-state index contributed by atoms with van der Waals surface area (Å²) in [6.45, 7) is 3.51. The molecule has 1 rings (SSSR count). The average Bonchev–Trinajstić information content (AvgIpc) is 2.32. The van der Waals surface area contributed by atoms with E-state index in [0.717, 1.165) is 12.1 Å². The van der Waals surface area contributed by atoms with Gasteiger partial charge in [-0.3, -0.25) is 0 Å². The molecule has 0 aliphatic heterocycles. The fourth-order valence-electron chi connectivity index (χ4n) is 1.35. The highest BCUT2D eigenvalue weighted by Crippen LogP contribution is 2.30. The number of alkyl halides is 3. The SMILES string of the molecule is CCNCc1ccc(OCCSC(F)(F)F)c(Cl)c1. The van der Waals surface area contributed by atoms with Gasteiger partial charge in [0.15, 0.2) is 0 Å².